The Labute approximate surface area is 139 Å². The van der Waals surface area contributed by atoms with Crippen LogP contribution in [-0.2, 0) is 12.8 Å². The van der Waals surface area contributed by atoms with Crippen LogP contribution in [0.3, 0.4) is 0 Å². The second-order valence-electron chi connectivity index (χ2n) is 6.55. The fourth-order valence-electron chi connectivity index (χ4n) is 3.56. The number of nitrogens with one attached hydrogen (secondary N) is 1. The third-order valence-electron chi connectivity index (χ3n) is 4.81. The van der Waals surface area contributed by atoms with Gasteiger partial charge < -0.3 is 10.4 Å². The van der Waals surface area contributed by atoms with Crippen LogP contribution < -0.4 is 5.32 Å². The minimum atomic E-state index is 0.315. The van der Waals surface area contributed by atoms with Crippen LogP contribution in [0.25, 0.3) is 10.9 Å². The molecule has 0 saturated heterocycles. The molecule has 0 atom stereocenters. The number of nitrogens with zero attached hydrogens (tertiary/aromatic N) is 1. The van der Waals surface area contributed by atoms with E-state index in [1.807, 2.05) is 0 Å². The van der Waals surface area contributed by atoms with Crippen molar-refractivity contribution in [3.8, 4) is 0 Å². The van der Waals surface area contributed by atoms with Crippen LogP contribution in [0.2, 0.25) is 0 Å². The average molecular weight is 312 g/mol. The predicted octanol–water partition coefficient (Wildman–Crippen LogP) is 4.47. The molecule has 2 N–H and O–H groups in total. The van der Waals surface area contributed by atoms with E-state index < -0.39 is 0 Å². The first-order valence-corrected chi connectivity index (χ1v) is 9.15. The largest absolute Gasteiger partial charge is 0.396 e. The molecule has 1 heterocycles. The Hall–Kier alpha value is -1.61. The van der Waals surface area contributed by atoms with E-state index in [1.54, 1.807) is 0 Å². The van der Waals surface area contributed by atoms with E-state index in [0.717, 1.165) is 44.2 Å². The lowest BCUT2D eigenvalue weighted by Crippen LogP contribution is -2.08. The molecule has 0 bridgehead atoms. The maximum absolute atomic E-state index is 8.86. The number of aliphatic hydroxyl groups excluding tert-OH is 1. The SMILES string of the molecule is OCCCCCCNc1c2c(nc3ccccc13)CCCCC2. The van der Waals surface area contributed by atoms with Crippen LogP contribution in [0.5, 0.6) is 0 Å². The maximum Gasteiger partial charge on any atom is 0.0726 e. The van der Waals surface area contributed by atoms with Gasteiger partial charge in [-0.05, 0) is 50.2 Å². The number of benzene rings is 1. The first-order valence-electron chi connectivity index (χ1n) is 9.15. The summed E-state index contributed by atoms with van der Waals surface area (Å²) in [5.41, 5.74) is 5.21. The van der Waals surface area contributed by atoms with Gasteiger partial charge in [-0.3, -0.25) is 4.98 Å². The number of hydrogen-bond acceptors (Lipinski definition) is 3. The number of aryl methyl sites for hydroxylation is 1. The van der Waals surface area contributed by atoms with Crippen LogP contribution in [0.1, 0.15) is 56.2 Å². The highest BCUT2D eigenvalue weighted by Gasteiger charge is 2.16. The number of anilines is 1. The smallest absolute Gasteiger partial charge is 0.0726 e. The molecule has 0 saturated carbocycles. The molecule has 1 aliphatic rings. The van der Waals surface area contributed by atoms with Gasteiger partial charge in [0.05, 0.1) is 5.52 Å². The first-order chi connectivity index (χ1) is 11.4. The van der Waals surface area contributed by atoms with Crippen molar-refractivity contribution >= 4 is 16.6 Å². The van der Waals surface area contributed by atoms with Gasteiger partial charge in [0.15, 0.2) is 0 Å². The topological polar surface area (TPSA) is 45.1 Å². The molecule has 1 aliphatic carbocycles. The van der Waals surface area contributed by atoms with Crippen molar-refractivity contribution in [3.05, 3.63) is 35.5 Å². The number of para-hydroxylation sites is 1. The lowest BCUT2D eigenvalue weighted by Gasteiger charge is -2.17. The van der Waals surface area contributed by atoms with Crippen LogP contribution in [-0.4, -0.2) is 23.2 Å². The molecule has 1 aromatic carbocycles. The second-order valence-corrected chi connectivity index (χ2v) is 6.55. The molecule has 0 amide bonds. The number of aliphatic hydroxyl groups is 1. The van der Waals surface area contributed by atoms with E-state index in [4.69, 9.17) is 10.1 Å². The molecule has 0 aliphatic heterocycles. The van der Waals surface area contributed by atoms with Gasteiger partial charge in [-0.15, -0.1) is 0 Å². The summed E-state index contributed by atoms with van der Waals surface area (Å²) >= 11 is 0. The molecule has 0 unspecified atom stereocenters. The molecule has 0 radical (unpaired) electrons. The Balaban J connectivity index is 1.80. The summed E-state index contributed by atoms with van der Waals surface area (Å²) in [4.78, 5) is 4.94. The zero-order chi connectivity index (χ0) is 15.9. The number of hydrogen-bond donors (Lipinski definition) is 2. The zero-order valence-electron chi connectivity index (χ0n) is 14.0. The summed E-state index contributed by atoms with van der Waals surface area (Å²) in [7, 11) is 0. The zero-order valence-corrected chi connectivity index (χ0v) is 14.0. The second kappa shape index (κ2) is 8.30. The molecular weight excluding hydrogens is 284 g/mol. The molecule has 2 aromatic rings. The highest BCUT2D eigenvalue weighted by molar-refractivity contribution is 5.93. The fraction of sp³-hybridized carbons (Fsp3) is 0.550. The third-order valence-corrected chi connectivity index (χ3v) is 4.81. The van der Waals surface area contributed by atoms with E-state index in [2.05, 4.69) is 29.6 Å². The Morgan fingerprint density at radius 2 is 1.78 bits per heavy atom. The normalized spacial score (nSPS) is 14.5. The van der Waals surface area contributed by atoms with Crippen LogP contribution in [0, 0.1) is 0 Å². The standard InChI is InChI=1S/C20H28N2O/c23-15-9-2-1-8-14-21-20-16-10-4-3-5-12-18(16)22-19-13-7-6-11-17(19)20/h6-7,11,13,23H,1-5,8-10,12,14-15H2,(H,21,22). The predicted molar refractivity (Wildman–Crippen MR) is 97.0 cm³/mol. The lowest BCUT2D eigenvalue weighted by molar-refractivity contribution is 0.283. The van der Waals surface area contributed by atoms with Crippen LogP contribution in [0.15, 0.2) is 24.3 Å². The average Bonchev–Trinajstić information content (AvgIpc) is 2.82. The summed E-state index contributed by atoms with van der Waals surface area (Å²) in [6.07, 6.45) is 10.5. The molecule has 1 aromatic heterocycles. The highest BCUT2D eigenvalue weighted by atomic mass is 16.2. The minimum Gasteiger partial charge on any atom is -0.396 e. The number of aromatic nitrogens is 1. The number of rotatable bonds is 7. The molecule has 3 rings (SSSR count). The maximum atomic E-state index is 8.86. The lowest BCUT2D eigenvalue weighted by atomic mass is 10.0. The van der Waals surface area contributed by atoms with E-state index in [1.165, 1.54) is 48.0 Å². The van der Waals surface area contributed by atoms with Gasteiger partial charge in [-0.25, -0.2) is 0 Å². The summed E-state index contributed by atoms with van der Waals surface area (Å²) in [6.45, 7) is 1.32. The van der Waals surface area contributed by atoms with Gasteiger partial charge in [0, 0.05) is 29.9 Å². The van der Waals surface area contributed by atoms with Crippen LogP contribution >= 0.6 is 0 Å². The number of pyridine rings is 1. The van der Waals surface area contributed by atoms with Gasteiger partial charge >= 0.3 is 0 Å². The van der Waals surface area contributed by atoms with Crippen molar-refractivity contribution in [2.24, 2.45) is 0 Å². The molecule has 0 fully saturated rings. The van der Waals surface area contributed by atoms with Crippen molar-refractivity contribution in [2.75, 3.05) is 18.5 Å². The monoisotopic (exact) mass is 312 g/mol. The highest BCUT2D eigenvalue weighted by Crippen LogP contribution is 2.32. The molecule has 23 heavy (non-hydrogen) atoms. The van der Waals surface area contributed by atoms with Gasteiger partial charge in [0.1, 0.15) is 0 Å². The van der Waals surface area contributed by atoms with Gasteiger partial charge in [-0.2, -0.15) is 0 Å². The van der Waals surface area contributed by atoms with E-state index >= 15 is 0 Å². The quantitative estimate of drug-likeness (QED) is 0.586. The molecule has 124 valence electrons. The van der Waals surface area contributed by atoms with Crippen molar-refractivity contribution in [2.45, 2.75) is 57.8 Å². The molecule has 3 nitrogen and oxygen atoms in total. The first kappa shape index (κ1) is 16.3. The van der Waals surface area contributed by atoms with E-state index in [9.17, 15) is 0 Å². The van der Waals surface area contributed by atoms with Crippen LogP contribution in [0.4, 0.5) is 5.69 Å². The summed E-state index contributed by atoms with van der Waals surface area (Å²) in [5.74, 6) is 0. The molecular formula is C20H28N2O. The minimum absolute atomic E-state index is 0.315. The Morgan fingerprint density at radius 1 is 0.957 bits per heavy atom. The number of fused-ring (bicyclic) bond motifs is 2. The van der Waals surface area contributed by atoms with E-state index in [-0.39, 0.29) is 0 Å². The van der Waals surface area contributed by atoms with E-state index in [0.29, 0.717) is 6.61 Å². The molecule has 0 spiro atoms. The fourth-order valence-corrected chi connectivity index (χ4v) is 3.56. The Kier molecular flexibility index (Phi) is 5.87. The summed E-state index contributed by atoms with van der Waals surface area (Å²) in [6, 6.07) is 8.52. The van der Waals surface area contributed by atoms with Gasteiger partial charge in [0.25, 0.3) is 0 Å². The number of unbranched alkanes of at least 4 members (excludes halogenated alkanes) is 3. The summed E-state index contributed by atoms with van der Waals surface area (Å²) in [5, 5.41) is 13.8. The van der Waals surface area contributed by atoms with Crippen molar-refractivity contribution in [1.82, 2.24) is 4.98 Å². The molecule has 3 heteroatoms. The van der Waals surface area contributed by atoms with Crippen molar-refractivity contribution < 1.29 is 5.11 Å². The van der Waals surface area contributed by atoms with Crippen molar-refractivity contribution in [3.63, 3.8) is 0 Å². The Morgan fingerprint density at radius 3 is 2.70 bits per heavy atom. The van der Waals surface area contributed by atoms with Gasteiger partial charge in [0.2, 0.25) is 0 Å². The third kappa shape index (κ3) is 4.03. The van der Waals surface area contributed by atoms with Crippen molar-refractivity contribution in [1.29, 1.82) is 0 Å². The Bertz CT molecular complexity index is 639. The van der Waals surface area contributed by atoms with Gasteiger partial charge in [-0.1, -0.05) is 37.5 Å². The summed E-state index contributed by atoms with van der Waals surface area (Å²) < 4.78 is 0.